The second kappa shape index (κ2) is 9.51. The summed E-state index contributed by atoms with van der Waals surface area (Å²) in [5, 5.41) is 20.1. The van der Waals surface area contributed by atoms with Crippen LogP contribution in [0.15, 0.2) is 69.3 Å². The van der Waals surface area contributed by atoms with Gasteiger partial charge in [-0.15, -0.1) is 0 Å². The molecule has 1 atom stereocenters. The van der Waals surface area contributed by atoms with Crippen LogP contribution in [0.1, 0.15) is 12.5 Å². The van der Waals surface area contributed by atoms with Gasteiger partial charge < -0.3 is 10.4 Å². The number of benzene rings is 2. The molecule has 0 unspecified atom stereocenters. The Morgan fingerprint density at radius 3 is 2.62 bits per heavy atom. The molecule has 0 radical (unpaired) electrons. The monoisotopic (exact) mass is 472 g/mol. The van der Waals surface area contributed by atoms with E-state index in [1.54, 1.807) is 19.1 Å². The molecule has 0 saturated carbocycles. The first kappa shape index (κ1) is 22.0. The Kier molecular flexibility index (Phi) is 6.53. The zero-order valence-corrected chi connectivity index (χ0v) is 18.6. The molecule has 0 amide bonds. The molecule has 4 aromatic rings. The van der Waals surface area contributed by atoms with Crippen LogP contribution in [0.3, 0.4) is 0 Å². The lowest BCUT2D eigenvalue weighted by Gasteiger charge is -2.14. The van der Waals surface area contributed by atoms with Crippen molar-refractivity contribution in [1.82, 2.24) is 20.3 Å². The second-order valence-corrected chi connectivity index (χ2v) is 9.51. The van der Waals surface area contributed by atoms with Gasteiger partial charge in [0.15, 0.2) is 10.7 Å². The van der Waals surface area contributed by atoms with Gasteiger partial charge in [-0.05, 0) is 34.9 Å². The molecule has 2 aromatic carbocycles. The summed E-state index contributed by atoms with van der Waals surface area (Å²) in [4.78, 5) is 8.72. The highest BCUT2D eigenvalue weighted by Gasteiger charge is 2.22. The lowest BCUT2D eigenvalue weighted by Crippen LogP contribution is -2.21. The molecular formula is C20H20N6O4S2. The maximum atomic E-state index is 13.0. The largest absolute Gasteiger partial charge is 0.394 e. The molecule has 0 bridgehead atoms. The number of thioether (sulfide) groups is 1. The number of anilines is 2. The number of fused-ring (bicyclic) bond motifs is 1. The number of hydrogen-bond acceptors (Lipinski definition) is 10. The van der Waals surface area contributed by atoms with E-state index >= 15 is 0 Å². The Hall–Kier alpha value is -3.22. The zero-order valence-electron chi connectivity index (χ0n) is 17.0. The van der Waals surface area contributed by atoms with E-state index in [0.717, 1.165) is 5.56 Å². The van der Waals surface area contributed by atoms with Gasteiger partial charge in [0.05, 0.1) is 6.61 Å². The van der Waals surface area contributed by atoms with Gasteiger partial charge in [0.25, 0.3) is 10.0 Å². The van der Waals surface area contributed by atoms with E-state index in [9.17, 15) is 13.5 Å². The number of nitrogens with zero attached hydrogens (tertiary/aromatic N) is 4. The van der Waals surface area contributed by atoms with Crippen LogP contribution in [0.25, 0.3) is 11.0 Å². The van der Waals surface area contributed by atoms with Gasteiger partial charge >= 0.3 is 0 Å². The average molecular weight is 473 g/mol. The summed E-state index contributed by atoms with van der Waals surface area (Å²) in [5.41, 5.74) is 1.53. The highest BCUT2D eigenvalue weighted by molar-refractivity contribution is 7.98. The first-order valence-electron chi connectivity index (χ1n) is 9.62. The van der Waals surface area contributed by atoms with Gasteiger partial charge in [0, 0.05) is 17.9 Å². The van der Waals surface area contributed by atoms with E-state index in [-0.39, 0.29) is 28.9 Å². The van der Waals surface area contributed by atoms with Gasteiger partial charge in [0.2, 0.25) is 0 Å². The van der Waals surface area contributed by atoms with E-state index in [2.05, 4.69) is 34.9 Å². The van der Waals surface area contributed by atoms with E-state index in [1.807, 2.05) is 30.3 Å². The summed E-state index contributed by atoms with van der Waals surface area (Å²) in [7, 11) is -4.03. The molecule has 0 aliphatic carbocycles. The third kappa shape index (κ3) is 5.15. The fourth-order valence-corrected chi connectivity index (χ4v) is 4.78. The molecule has 0 fully saturated rings. The van der Waals surface area contributed by atoms with Crippen LogP contribution in [-0.2, 0) is 15.8 Å². The fourth-order valence-electron chi connectivity index (χ4n) is 2.83. The molecule has 0 spiro atoms. The Bertz CT molecular complexity index is 1310. The number of nitrogens with one attached hydrogen (secondary N) is 2. The molecular weight excluding hydrogens is 452 g/mol. The molecule has 4 rings (SSSR count). The van der Waals surface area contributed by atoms with Crippen molar-refractivity contribution >= 4 is 44.5 Å². The molecule has 32 heavy (non-hydrogen) atoms. The van der Waals surface area contributed by atoms with Crippen molar-refractivity contribution in [2.75, 3.05) is 16.6 Å². The quantitative estimate of drug-likeness (QED) is 0.246. The van der Waals surface area contributed by atoms with Gasteiger partial charge in [-0.3, -0.25) is 4.72 Å². The summed E-state index contributed by atoms with van der Waals surface area (Å²) >= 11 is 1.37. The molecule has 2 heterocycles. The van der Waals surface area contributed by atoms with Crippen molar-refractivity contribution in [2.45, 2.75) is 28.8 Å². The maximum absolute atomic E-state index is 13.0. The van der Waals surface area contributed by atoms with Gasteiger partial charge in [-0.25, -0.2) is 23.0 Å². The standard InChI is InChI=1S/C20H20N6O4S2/c1-13(11-27)21-17-10-18(23-20(22-17)31-12-14-6-3-2-4-7-14)26-32(28,29)16-9-5-8-15-19(16)25-30-24-15/h2-10,13,27H,11-12H2,1H3,(H2,21,22,23,26)/t13-/m1/s1. The van der Waals surface area contributed by atoms with Crippen molar-refractivity contribution in [3.05, 3.63) is 60.2 Å². The number of aliphatic hydroxyl groups excluding tert-OH is 1. The SMILES string of the molecule is C[C@H](CO)Nc1cc(NS(=O)(=O)c2cccc3nonc23)nc(SCc2ccccc2)n1. The van der Waals surface area contributed by atoms with Crippen LogP contribution in [-0.4, -0.2) is 46.5 Å². The number of hydrogen-bond donors (Lipinski definition) is 3. The van der Waals surface area contributed by atoms with Crippen LogP contribution < -0.4 is 10.0 Å². The third-order valence-corrected chi connectivity index (χ3v) is 6.67. The first-order chi connectivity index (χ1) is 15.4. The zero-order chi connectivity index (χ0) is 22.6. The van der Waals surface area contributed by atoms with Crippen LogP contribution in [0, 0.1) is 0 Å². The Morgan fingerprint density at radius 2 is 1.84 bits per heavy atom. The topological polar surface area (TPSA) is 143 Å². The minimum Gasteiger partial charge on any atom is -0.394 e. The lowest BCUT2D eigenvalue weighted by atomic mass is 10.2. The average Bonchev–Trinajstić information content (AvgIpc) is 3.27. The van der Waals surface area contributed by atoms with E-state index in [1.165, 1.54) is 23.9 Å². The Labute approximate surface area is 188 Å². The highest BCUT2D eigenvalue weighted by Crippen LogP contribution is 2.26. The second-order valence-electron chi connectivity index (χ2n) is 6.92. The first-order valence-corrected chi connectivity index (χ1v) is 12.1. The third-order valence-electron chi connectivity index (χ3n) is 4.36. The van der Waals surface area contributed by atoms with E-state index in [4.69, 9.17) is 0 Å². The molecule has 2 aromatic heterocycles. The molecule has 0 aliphatic heterocycles. The van der Waals surface area contributed by atoms with Crippen LogP contribution in [0.4, 0.5) is 11.6 Å². The molecule has 166 valence electrons. The fraction of sp³-hybridized carbons (Fsp3) is 0.200. The maximum Gasteiger partial charge on any atom is 0.265 e. The number of rotatable bonds is 9. The lowest BCUT2D eigenvalue weighted by molar-refractivity contribution is 0.281. The van der Waals surface area contributed by atoms with Crippen LogP contribution >= 0.6 is 11.8 Å². The Morgan fingerprint density at radius 1 is 1.06 bits per heavy atom. The molecule has 0 aliphatic rings. The van der Waals surface area contributed by atoms with Crippen molar-refractivity contribution in [2.24, 2.45) is 0 Å². The summed E-state index contributed by atoms with van der Waals surface area (Å²) in [6.45, 7) is 1.67. The van der Waals surface area contributed by atoms with Crippen molar-refractivity contribution < 1.29 is 18.2 Å². The predicted octanol–water partition coefficient (Wildman–Crippen LogP) is 2.90. The predicted molar refractivity (Wildman–Crippen MR) is 121 cm³/mol. The molecule has 0 saturated heterocycles. The van der Waals surface area contributed by atoms with Crippen LogP contribution in [0.5, 0.6) is 0 Å². The molecule has 12 heteroatoms. The summed E-state index contributed by atoms with van der Waals surface area (Å²) in [5.74, 6) is 1.07. The minimum atomic E-state index is -4.03. The van der Waals surface area contributed by atoms with Crippen molar-refractivity contribution in [3.63, 3.8) is 0 Å². The number of aliphatic hydroxyl groups is 1. The summed E-state index contributed by atoms with van der Waals surface area (Å²) < 4.78 is 33.2. The van der Waals surface area contributed by atoms with Gasteiger partial charge in [-0.2, -0.15) is 0 Å². The van der Waals surface area contributed by atoms with E-state index in [0.29, 0.717) is 22.2 Å². The van der Waals surface area contributed by atoms with Crippen molar-refractivity contribution in [3.8, 4) is 0 Å². The summed E-state index contributed by atoms with van der Waals surface area (Å²) in [6, 6.07) is 15.5. The summed E-state index contributed by atoms with van der Waals surface area (Å²) in [6.07, 6.45) is 0. The van der Waals surface area contributed by atoms with E-state index < -0.39 is 10.0 Å². The Balaban J connectivity index is 1.64. The minimum absolute atomic E-state index is 0.0772. The normalized spacial score (nSPS) is 12.6. The van der Waals surface area contributed by atoms with Gasteiger partial charge in [-0.1, -0.05) is 48.2 Å². The molecule has 10 nitrogen and oxygen atoms in total. The van der Waals surface area contributed by atoms with Crippen molar-refractivity contribution in [1.29, 1.82) is 0 Å². The van der Waals surface area contributed by atoms with Crippen LogP contribution in [0.2, 0.25) is 0 Å². The number of aromatic nitrogens is 4. The number of sulfonamides is 1. The van der Waals surface area contributed by atoms with Gasteiger partial charge in [0.1, 0.15) is 22.0 Å². The highest BCUT2D eigenvalue weighted by atomic mass is 32.2. The molecule has 3 N–H and O–H groups in total. The smallest absolute Gasteiger partial charge is 0.265 e.